The second-order valence-electron chi connectivity index (χ2n) is 3.60. The van der Waals surface area contributed by atoms with Gasteiger partial charge in [0, 0.05) is 16.8 Å². The van der Waals surface area contributed by atoms with Crippen LogP contribution in [0.1, 0.15) is 29.8 Å². The number of carbonyl (C=O) groups is 1. The van der Waals surface area contributed by atoms with Crippen molar-refractivity contribution in [1.29, 1.82) is 0 Å². The van der Waals surface area contributed by atoms with E-state index in [0.29, 0.717) is 17.0 Å². The molecule has 1 rings (SSSR count). The first-order valence-electron chi connectivity index (χ1n) is 4.74. The summed E-state index contributed by atoms with van der Waals surface area (Å²) >= 11 is 0. The first kappa shape index (κ1) is 11.3. The monoisotopic (exact) mass is 205 g/mol. The molecule has 0 aromatic heterocycles. The number of rotatable bonds is 4. The fourth-order valence-electron chi connectivity index (χ4n) is 1.22. The zero-order valence-electron chi connectivity index (χ0n) is 8.99. The summed E-state index contributed by atoms with van der Waals surface area (Å²) < 4.78 is 5.49. The molecular formula is C12H15NO2. The lowest BCUT2D eigenvalue weighted by atomic mass is 10.1. The van der Waals surface area contributed by atoms with E-state index < -0.39 is 0 Å². The van der Waals surface area contributed by atoms with Crippen LogP contribution in [0.3, 0.4) is 0 Å². The number of ether oxygens (including phenoxy) is 1. The molecule has 0 atom stereocenters. The topological polar surface area (TPSA) is 52.3 Å². The molecule has 80 valence electrons. The van der Waals surface area contributed by atoms with Gasteiger partial charge in [0.15, 0.2) is 0 Å². The minimum atomic E-state index is 0.0609. The van der Waals surface area contributed by atoms with E-state index in [1.54, 1.807) is 18.2 Å². The first-order valence-corrected chi connectivity index (χ1v) is 4.74. The minimum Gasteiger partial charge on any atom is -0.491 e. The summed E-state index contributed by atoms with van der Waals surface area (Å²) in [5.74, 6) is 0.635. The largest absolute Gasteiger partial charge is 0.491 e. The van der Waals surface area contributed by atoms with Crippen molar-refractivity contribution in [3.05, 3.63) is 35.9 Å². The smallest absolute Gasteiger partial charge is 0.150 e. The Balaban J connectivity index is 3.11. The first-order chi connectivity index (χ1) is 7.02. The molecule has 3 heteroatoms. The highest BCUT2D eigenvalue weighted by Gasteiger charge is 2.04. The third-order valence-corrected chi connectivity index (χ3v) is 1.81. The van der Waals surface area contributed by atoms with Gasteiger partial charge in [0.1, 0.15) is 12.0 Å². The Labute approximate surface area is 89.5 Å². The normalized spacial score (nSPS) is 10.1. The van der Waals surface area contributed by atoms with Crippen molar-refractivity contribution in [3.63, 3.8) is 0 Å². The molecule has 1 aromatic rings. The Hall–Kier alpha value is -1.77. The van der Waals surface area contributed by atoms with E-state index in [1.165, 1.54) is 0 Å². The molecule has 0 aliphatic rings. The summed E-state index contributed by atoms with van der Waals surface area (Å²) in [6.07, 6.45) is 0.824. The number of benzene rings is 1. The van der Waals surface area contributed by atoms with Gasteiger partial charge in [0.25, 0.3) is 0 Å². The number of hydrogen-bond donors (Lipinski definition) is 1. The van der Waals surface area contributed by atoms with E-state index in [0.717, 1.165) is 11.8 Å². The molecule has 0 saturated carbocycles. The standard InChI is InChI=1S/C12H15NO2/c1-8(2)15-12-5-10(7-14)4-11(6-12)9(3)13/h4-8H,3,13H2,1-2H3. The van der Waals surface area contributed by atoms with Gasteiger partial charge in [-0.2, -0.15) is 0 Å². The highest BCUT2D eigenvalue weighted by molar-refractivity contribution is 5.78. The maximum absolute atomic E-state index is 10.7. The van der Waals surface area contributed by atoms with Gasteiger partial charge in [-0.05, 0) is 32.0 Å². The Kier molecular flexibility index (Phi) is 3.50. The average Bonchev–Trinajstić information content (AvgIpc) is 2.16. The Bertz CT molecular complexity index is 383. The summed E-state index contributed by atoms with van der Waals surface area (Å²) in [7, 11) is 0. The zero-order chi connectivity index (χ0) is 11.4. The van der Waals surface area contributed by atoms with Crippen LogP contribution >= 0.6 is 0 Å². The third-order valence-electron chi connectivity index (χ3n) is 1.81. The van der Waals surface area contributed by atoms with Crippen molar-refractivity contribution >= 4 is 12.0 Å². The zero-order valence-corrected chi connectivity index (χ0v) is 8.99. The predicted octanol–water partition coefficient (Wildman–Crippen LogP) is 2.22. The Morgan fingerprint density at radius 3 is 2.60 bits per heavy atom. The second-order valence-corrected chi connectivity index (χ2v) is 3.60. The fraction of sp³-hybridized carbons (Fsp3) is 0.250. The third kappa shape index (κ3) is 3.13. The molecule has 0 heterocycles. The lowest BCUT2D eigenvalue weighted by molar-refractivity contribution is 0.112. The van der Waals surface area contributed by atoms with Crippen molar-refractivity contribution in [2.24, 2.45) is 5.73 Å². The Morgan fingerprint density at radius 1 is 1.47 bits per heavy atom. The van der Waals surface area contributed by atoms with Crippen LogP contribution in [0.5, 0.6) is 5.75 Å². The molecule has 3 nitrogen and oxygen atoms in total. The molecule has 15 heavy (non-hydrogen) atoms. The number of carbonyl (C=O) groups excluding carboxylic acids is 1. The van der Waals surface area contributed by atoms with Gasteiger partial charge < -0.3 is 10.5 Å². The van der Waals surface area contributed by atoms with E-state index >= 15 is 0 Å². The Morgan fingerprint density at radius 2 is 2.13 bits per heavy atom. The molecule has 0 radical (unpaired) electrons. The van der Waals surface area contributed by atoms with E-state index in [-0.39, 0.29) is 6.10 Å². The van der Waals surface area contributed by atoms with Crippen molar-refractivity contribution < 1.29 is 9.53 Å². The number of nitrogens with two attached hydrogens (primary N) is 1. The average molecular weight is 205 g/mol. The molecule has 0 spiro atoms. The van der Waals surface area contributed by atoms with Crippen molar-refractivity contribution in [2.45, 2.75) is 20.0 Å². The van der Waals surface area contributed by atoms with Crippen LogP contribution in [0.2, 0.25) is 0 Å². The van der Waals surface area contributed by atoms with Crippen LogP contribution in [-0.2, 0) is 0 Å². The molecule has 0 saturated heterocycles. The van der Waals surface area contributed by atoms with Gasteiger partial charge in [0.05, 0.1) is 6.10 Å². The van der Waals surface area contributed by atoms with Gasteiger partial charge in [-0.25, -0.2) is 0 Å². The SMILES string of the molecule is C=C(N)c1cc(C=O)cc(OC(C)C)c1. The highest BCUT2D eigenvalue weighted by atomic mass is 16.5. The predicted molar refractivity (Wildman–Crippen MR) is 60.8 cm³/mol. The quantitative estimate of drug-likeness (QED) is 0.767. The summed E-state index contributed by atoms with van der Waals surface area (Å²) in [5.41, 5.74) is 7.25. The van der Waals surface area contributed by atoms with Gasteiger partial charge in [-0.1, -0.05) is 6.58 Å². The van der Waals surface area contributed by atoms with Crippen LogP contribution in [0.4, 0.5) is 0 Å². The van der Waals surface area contributed by atoms with Crippen molar-refractivity contribution in [1.82, 2.24) is 0 Å². The second kappa shape index (κ2) is 4.64. The van der Waals surface area contributed by atoms with Gasteiger partial charge >= 0.3 is 0 Å². The van der Waals surface area contributed by atoms with Crippen molar-refractivity contribution in [3.8, 4) is 5.75 Å². The van der Waals surface area contributed by atoms with Crippen LogP contribution in [0.15, 0.2) is 24.8 Å². The van der Waals surface area contributed by atoms with Crippen molar-refractivity contribution in [2.75, 3.05) is 0 Å². The molecule has 0 unspecified atom stereocenters. The fourth-order valence-corrected chi connectivity index (χ4v) is 1.22. The van der Waals surface area contributed by atoms with Gasteiger partial charge in [0.2, 0.25) is 0 Å². The summed E-state index contributed by atoms with van der Waals surface area (Å²) in [4.78, 5) is 10.7. The minimum absolute atomic E-state index is 0.0609. The van der Waals surface area contributed by atoms with Crippen LogP contribution in [0, 0.1) is 0 Å². The van der Waals surface area contributed by atoms with E-state index in [4.69, 9.17) is 10.5 Å². The molecule has 0 fully saturated rings. The highest BCUT2D eigenvalue weighted by Crippen LogP contribution is 2.20. The van der Waals surface area contributed by atoms with E-state index in [1.807, 2.05) is 13.8 Å². The van der Waals surface area contributed by atoms with Gasteiger partial charge in [-0.3, -0.25) is 4.79 Å². The molecule has 2 N–H and O–H groups in total. The van der Waals surface area contributed by atoms with E-state index in [9.17, 15) is 4.79 Å². The maximum atomic E-state index is 10.7. The number of aldehydes is 1. The molecule has 1 aromatic carbocycles. The van der Waals surface area contributed by atoms with Crippen LogP contribution < -0.4 is 10.5 Å². The summed E-state index contributed by atoms with van der Waals surface area (Å²) in [5, 5.41) is 0. The van der Waals surface area contributed by atoms with Crippen LogP contribution in [-0.4, -0.2) is 12.4 Å². The summed E-state index contributed by atoms with van der Waals surface area (Å²) in [6, 6.07) is 5.14. The molecule has 0 aliphatic carbocycles. The summed E-state index contributed by atoms with van der Waals surface area (Å²) in [6.45, 7) is 7.47. The molecule has 0 aliphatic heterocycles. The van der Waals surface area contributed by atoms with Gasteiger partial charge in [-0.15, -0.1) is 0 Å². The maximum Gasteiger partial charge on any atom is 0.150 e. The van der Waals surface area contributed by atoms with E-state index in [2.05, 4.69) is 6.58 Å². The molecule has 0 amide bonds. The molecule has 0 bridgehead atoms. The lowest BCUT2D eigenvalue weighted by Gasteiger charge is -2.11. The lowest BCUT2D eigenvalue weighted by Crippen LogP contribution is -2.06. The molecular weight excluding hydrogens is 190 g/mol. The van der Waals surface area contributed by atoms with Crippen LogP contribution in [0.25, 0.3) is 5.70 Å². The number of hydrogen-bond acceptors (Lipinski definition) is 3.